The predicted octanol–water partition coefficient (Wildman–Crippen LogP) is 2.80. The van der Waals surface area contributed by atoms with Gasteiger partial charge >= 0.3 is 0 Å². The van der Waals surface area contributed by atoms with Gasteiger partial charge in [0.2, 0.25) is 0 Å². The van der Waals surface area contributed by atoms with Crippen LogP contribution in [0, 0.1) is 11.8 Å². The molecule has 0 amide bonds. The molecule has 0 aromatic rings. The standard InChI is InChI=1S/C10H21OSi/c1-8(2)9-5-10(11-6-9)7-12(3)4/h8-10H,5-7H2,1-4H3. The highest BCUT2D eigenvalue weighted by Gasteiger charge is 2.27. The molecule has 1 rings (SSSR count). The van der Waals surface area contributed by atoms with Gasteiger partial charge in [-0.25, -0.2) is 0 Å². The number of hydrogen-bond donors (Lipinski definition) is 0. The fourth-order valence-electron chi connectivity index (χ4n) is 1.80. The van der Waals surface area contributed by atoms with Gasteiger partial charge in [0, 0.05) is 8.80 Å². The van der Waals surface area contributed by atoms with E-state index in [0.717, 1.165) is 18.4 Å². The summed E-state index contributed by atoms with van der Waals surface area (Å²) < 4.78 is 5.76. The Labute approximate surface area is 78.1 Å². The molecule has 0 saturated carbocycles. The smallest absolute Gasteiger partial charge is 0.0553 e. The van der Waals surface area contributed by atoms with Crippen molar-refractivity contribution >= 4 is 8.80 Å². The van der Waals surface area contributed by atoms with Crippen LogP contribution in [0.5, 0.6) is 0 Å². The van der Waals surface area contributed by atoms with Crippen LogP contribution in [0.1, 0.15) is 20.3 Å². The highest BCUT2D eigenvalue weighted by Crippen LogP contribution is 2.28. The van der Waals surface area contributed by atoms with E-state index in [1.54, 1.807) is 0 Å². The maximum atomic E-state index is 5.76. The van der Waals surface area contributed by atoms with E-state index in [-0.39, 0.29) is 8.80 Å². The van der Waals surface area contributed by atoms with Crippen molar-refractivity contribution < 1.29 is 4.74 Å². The lowest BCUT2D eigenvalue weighted by Gasteiger charge is -2.12. The van der Waals surface area contributed by atoms with E-state index in [1.807, 2.05) is 0 Å². The molecule has 2 unspecified atom stereocenters. The van der Waals surface area contributed by atoms with E-state index < -0.39 is 0 Å². The van der Waals surface area contributed by atoms with E-state index in [1.165, 1.54) is 12.5 Å². The molecule has 0 aromatic carbocycles. The van der Waals surface area contributed by atoms with Gasteiger partial charge in [0.1, 0.15) is 0 Å². The normalized spacial score (nSPS) is 30.5. The molecule has 2 atom stereocenters. The molecule has 1 aliphatic rings. The SMILES string of the molecule is CC(C)C1COC(C[Si](C)C)C1. The predicted molar refractivity (Wildman–Crippen MR) is 55.0 cm³/mol. The zero-order valence-corrected chi connectivity index (χ0v) is 9.76. The van der Waals surface area contributed by atoms with Crippen LogP contribution in [0.2, 0.25) is 19.1 Å². The zero-order valence-electron chi connectivity index (χ0n) is 8.76. The van der Waals surface area contributed by atoms with Gasteiger partial charge in [-0.05, 0) is 24.3 Å². The van der Waals surface area contributed by atoms with Crippen molar-refractivity contribution in [2.75, 3.05) is 6.61 Å². The second-order valence-corrected chi connectivity index (χ2v) is 7.43. The van der Waals surface area contributed by atoms with Gasteiger partial charge < -0.3 is 4.74 Å². The monoisotopic (exact) mass is 185 g/mol. The van der Waals surface area contributed by atoms with Crippen LogP contribution >= 0.6 is 0 Å². The first-order valence-corrected chi connectivity index (χ1v) is 7.71. The molecule has 0 aromatic heterocycles. The first-order chi connectivity index (χ1) is 5.59. The van der Waals surface area contributed by atoms with E-state index in [0.29, 0.717) is 6.10 Å². The number of rotatable bonds is 3. The maximum Gasteiger partial charge on any atom is 0.0553 e. The topological polar surface area (TPSA) is 9.23 Å². The third kappa shape index (κ3) is 2.90. The summed E-state index contributed by atoms with van der Waals surface area (Å²) in [6.45, 7) is 10.4. The molecule has 1 saturated heterocycles. The molecule has 1 heterocycles. The first-order valence-electron chi connectivity index (χ1n) is 5.00. The average Bonchev–Trinajstić information content (AvgIpc) is 2.34. The minimum atomic E-state index is -0.0911. The van der Waals surface area contributed by atoms with E-state index in [9.17, 15) is 0 Å². The Bertz CT molecular complexity index is 134. The van der Waals surface area contributed by atoms with Crippen molar-refractivity contribution in [3.8, 4) is 0 Å². The van der Waals surface area contributed by atoms with Gasteiger partial charge in [0.05, 0.1) is 12.7 Å². The lowest BCUT2D eigenvalue weighted by atomic mass is 9.94. The molecule has 1 nitrogen and oxygen atoms in total. The lowest BCUT2D eigenvalue weighted by Crippen LogP contribution is -2.14. The minimum Gasteiger partial charge on any atom is -0.378 e. The van der Waals surface area contributed by atoms with Crippen molar-refractivity contribution in [2.24, 2.45) is 11.8 Å². The molecule has 0 aliphatic carbocycles. The fraction of sp³-hybridized carbons (Fsp3) is 1.00. The highest BCUT2D eigenvalue weighted by atomic mass is 28.3. The largest absolute Gasteiger partial charge is 0.378 e. The van der Waals surface area contributed by atoms with Crippen molar-refractivity contribution in [3.05, 3.63) is 0 Å². The summed E-state index contributed by atoms with van der Waals surface area (Å²) in [4.78, 5) is 0. The second-order valence-electron chi connectivity index (χ2n) is 4.61. The molecular formula is C10H21OSi. The average molecular weight is 185 g/mol. The van der Waals surface area contributed by atoms with E-state index in [2.05, 4.69) is 26.9 Å². The van der Waals surface area contributed by atoms with Crippen LogP contribution in [0.25, 0.3) is 0 Å². The van der Waals surface area contributed by atoms with Crippen molar-refractivity contribution in [1.82, 2.24) is 0 Å². The van der Waals surface area contributed by atoms with Gasteiger partial charge in [0.25, 0.3) is 0 Å². The van der Waals surface area contributed by atoms with Crippen LogP contribution in [0.3, 0.4) is 0 Å². The molecule has 71 valence electrons. The van der Waals surface area contributed by atoms with Crippen LogP contribution in [0.15, 0.2) is 0 Å². The Morgan fingerprint density at radius 3 is 2.50 bits per heavy atom. The highest BCUT2D eigenvalue weighted by molar-refractivity contribution is 6.55. The van der Waals surface area contributed by atoms with Crippen LogP contribution in [-0.2, 0) is 4.74 Å². The van der Waals surface area contributed by atoms with Crippen LogP contribution < -0.4 is 0 Å². The van der Waals surface area contributed by atoms with Crippen LogP contribution in [-0.4, -0.2) is 21.5 Å². The van der Waals surface area contributed by atoms with Crippen LogP contribution in [0.4, 0.5) is 0 Å². The Kier molecular flexibility index (Phi) is 3.78. The Hall–Kier alpha value is 0.177. The Morgan fingerprint density at radius 2 is 2.08 bits per heavy atom. The molecule has 0 N–H and O–H groups in total. The summed E-state index contributed by atoms with van der Waals surface area (Å²) in [6.07, 6.45) is 1.91. The quantitative estimate of drug-likeness (QED) is 0.614. The summed E-state index contributed by atoms with van der Waals surface area (Å²) in [5, 5.41) is 0. The molecule has 1 aliphatic heterocycles. The fourth-order valence-corrected chi connectivity index (χ4v) is 2.99. The summed E-state index contributed by atoms with van der Waals surface area (Å²) in [7, 11) is -0.0911. The Morgan fingerprint density at radius 1 is 1.42 bits per heavy atom. The van der Waals surface area contributed by atoms with Gasteiger partial charge in [0.15, 0.2) is 0 Å². The third-order valence-electron chi connectivity index (χ3n) is 2.69. The Balaban J connectivity index is 2.26. The molecule has 1 fully saturated rings. The third-order valence-corrected chi connectivity index (χ3v) is 3.96. The minimum absolute atomic E-state index is 0.0911. The molecule has 0 spiro atoms. The summed E-state index contributed by atoms with van der Waals surface area (Å²) in [6, 6.07) is 1.34. The lowest BCUT2D eigenvalue weighted by molar-refractivity contribution is 0.116. The van der Waals surface area contributed by atoms with E-state index >= 15 is 0 Å². The maximum absolute atomic E-state index is 5.76. The second kappa shape index (κ2) is 4.42. The van der Waals surface area contributed by atoms with Crippen molar-refractivity contribution in [3.63, 3.8) is 0 Å². The first kappa shape index (κ1) is 10.3. The molecule has 2 heteroatoms. The van der Waals surface area contributed by atoms with Gasteiger partial charge in [-0.3, -0.25) is 0 Å². The van der Waals surface area contributed by atoms with Crippen molar-refractivity contribution in [2.45, 2.75) is 45.5 Å². The van der Waals surface area contributed by atoms with Gasteiger partial charge in [-0.1, -0.05) is 26.9 Å². The van der Waals surface area contributed by atoms with Gasteiger partial charge in [-0.15, -0.1) is 0 Å². The zero-order chi connectivity index (χ0) is 9.14. The number of ether oxygens (including phenoxy) is 1. The van der Waals surface area contributed by atoms with Crippen molar-refractivity contribution in [1.29, 1.82) is 0 Å². The summed E-state index contributed by atoms with van der Waals surface area (Å²) in [5.41, 5.74) is 0. The van der Waals surface area contributed by atoms with E-state index in [4.69, 9.17) is 4.74 Å². The van der Waals surface area contributed by atoms with Gasteiger partial charge in [-0.2, -0.15) is 0 Å². The molecule has 0 bridgehead atoms. The molecule has 1 radical (unpaired) electrons. The number of hydrogen-bond acceptors (Lipinski definition) is 1. The molecule has 12 heavy (non-hydrogen) atoms. The molecular weight excluding hydrogens is 164 g/mol. The summed E-state index contributed by atoms with van der Waals surface area (Å²) in [5.74, 6) is 1.63. The summed E-state index contributed by atoms with van der Waals surface area (Å²) >= 11 is 0.